The zero-order chi connectivity index (χ0) is 13.1. The number of rotatable bonds is 10. The minimum Gasteiger partial charge on any atom is -0.468 e. The molecule has 102 valence electrons. The number of methoxy groups -OCH3 is 2. The predicted octanol–water partition coefficient (Wildman–Crippen LogP) is 0.971. The van der Waals surface area contributed by atoms with Crippen molar-refractivity contribution >= 4 is 5.97 Å². The Bertz CT molecular complexity index is 211. The third kappa shape index (κ3) is 6.61. The van der Waals surface area contributed by atoms with Gasteiger partial charge in [0.15, 0.2) is 0 Å². The first-order valence-electron chi connectivity index (χ1n) is 6.00. The lowest BCUT2D eigenvalue weighted by Crippen LogP contribution is -2.54. The lowest BCUT2D eigenvalue weighted by atomic mass is 10.0. The summed E-state index contributed by atoms with van der Waals surface area (Å²) in [5.41, 5.74) is -0.766. The highest BCUT2D eigenvalue weighted by atomic mass is 16.5. The number of carbonyl (C=O) groups is 1. The molecule has 0 radical (unpaired) electrons. The molecule has 0 spiro atoms. The molecular weight excluding hydrogens is 222 g/mol. The zero-order valence-corrected chi connectivity index (χ0v) is 11.4. The molecule has 5 heteroatoms. The number of hydrogen-bond acceptors (Lipinski definition) is 5. The van der Waals surface area contributed by atoms with Gasteiger partial charge in [-0.2, -0.15) is 0 Å². The van der Waals surface area contributed by atoms with E-state index in [9.17, 15) is 4.79 Å². The van der Waals surface area contributed by atoms with E-state index in [0.29, 0.717) is 19.8 Å². The Kier molecular flexibility index (Phi) is 9.03. The number of ether oxygens (including phenoxy) is 3. The minimum atomic E-state index is -0.766. The Morgan fingerprint density at radius 2 is 2.00 bits per heavy atom. The summed E-state index contributed by atoms with van der Waals surface area (Å²) >= 11 is 0. The summed E-state index contributed by atoms with van der Waals surface area (Å²) in [5, 5.41) is 3.16. The van der Waals surface area contributed by atoms with Gasteiger partial charge in [-0.1, -0.05) is 6.92 Å². The van der Waals surface area contributed by atoms with E-state index in [0.717, 1.165) is 19.4 Å². The molecule has 0 aromatic carbocycles. The molecule has 0 amide bonds. The lowest BCUT2D eigenvalue weighted by molar-refractivity contribution is -0.150. The zero-order valence-electron chi connectivity index (χ0n) is 11.4. The van der Waals surface area contributed by atoms with E-state index < -0.39 is 5.54 Å². The van der Waals surface area contributed by atoms with Crippen molar-refractivity contribution in [2.45, 2.75) is 32.2 Å². The molecule has 0 saturated carbocycles. The molecule has 5 nitrogen and oxygen atoms in total. The number of carbonyl (C=O) groups excluding carboxylic acids is 1. The van der Waals surface area contributed by atoms with Crippen LogP contribution in [0, 0.1) is 0 Å². The van der Waals surface area contributed by atoms with E-state index in [-0.39, 0.29) is 5.97 Å². The van der Waals surface area contributed by atoms with E-state index in [1.165, 1.54) is 7.11 Å². The normalized spacial score (nSPS) is 14.4. The van der Waals surface area contributed by atoms with Gasteiger partial charge in [0.1, 0.15) is 5.54 Å². The minimum absolute atomic E-state index is 0.294. The average molecular weight is 247 g/mol. The molecule has 1 unspecified atom stereocenters. The first-order chi connectivity index (χ1) is 8.10. The molecule has 0 aliphatic rings. The number of nitrogens with one attached hydrogen (secondary N) is 1. The molecule has 0 aromatic heterocycles. The summed E-state index contributed by atoms with van der Waals surface area (Å²) in [6.07, 6.45) is 1.78. The maximum Gasteiger partial charge on any atom is 0.328 e. The Hall–Kier alpha value is -0.650. The van der Waals surface area contributed by atoms with Gasteiger partial charge in [-0.05, 0) is 26.3 Å². The topological polar surface area (TPSA) is 56.8 Å². The van der Waals surface area contributed by atoms with Crippen LogP contribution in [0.25, 0.3) is 0 Å². The first-order valence-corrected chi connectivity index (χ1v) is 6.00. The van der Waals surface area contributed by atoms with Crippen molar-refractivity contribution in [3.63, 3.8) is 0 Å². The highest BCUT2D eigenvalue weighted by Crippen LogP contribution is 2.07. The van der Waals surface area contributed by atoms with Gasteiger partial charge < -0.3 is 19.5 Å². The van der Waals surface area contributed by atoms with Crippen molar-refractivity contribution in [2.24, 2.45) is 0 Å². The predicted molar refractivity (Wildman–Crippen MR) is 66.0 cm³/mol. The maximum absolute atomic E-state index is 11.7. The third-order valence-corrected chi connectivity index (χ3v) is 2.43. The van der Waals surface area contributed by atoms with Gasteiger partial charge in [-0.25, -0.2) is 4.79 Å². The second-order valence-electron chi connectivity index (χ2n) is 4.15. The van der Waals surface area contributed by atoms with E-state index in [1.54, 1.807) is 14.0 Å². The fourth-order valence-corrected chi connectivity index (χ4v) is 1.39. The molecule has 0 aliphatic heterocycles. The third-order valence-electron chi connectivity index (χ3n) is 2.43. The molecular formula is C12H25NO4. The molecule has 0 saturated heterocycles. The van der Waals surface area contributed by atoms with Crippen LogP contribution in [0.2, 0.25) is 0 Å². The second kappa shape index (κ2) is 9.39. The van der Waals surface area contributed by atoms with Gasteiger partial charge in [0, 0.05) is 20.3 Å². The molecule has 0 heterocycles. The number of esters is 1. The Morgan fingerprint density at radius 3 is 2.53 bits per heavy atom. The SMILES string of the molecule is CCCNC(C)(COCCCOC)C(=O)OC. The van der Waals surface area contributed by atoms with Gasteiger partial charge in [0.2, 0.25) is 0 Å². The fourth-order valence-electron chi connectivity index (χ4n) is 1.39. The van der Waals surface area contributed by atoms with Crippen molar-refractivity contribution < 1.29 is 19.0 Å². The molecule has 0 fully saturated rings. The van der Waals surface area contributed by atoms with Crippen LogP contribution < -0.4 is 5.32 Å². The van der Waals surface area contributed by atoms with Crippen molar-refractivity contribution in [1.82, 2.24) is 5.32 Å². The van der Waals surface area contributed by atoms with Crippen LogP contribution in [-0.4, -0.2) is 52.1 Å². The monoisotopic (exact) mass is 247 g/mol. The first kappa shape index (κ1) is 16.4. The fraction of sp³-hybridized carbons (Fsp3) is 0.917. The average Bonchev–Trinajstić information content (AvgIpc) is 2.35. The lowest BCUT2D eigenvalue weighted by Gasteiger charge is -2.27. The Balaban J connectivity index is 4.05. The Morgan fingerprint density at radius 1 is 1.29 bits per heavy atom. The standard InChI is InChI=1S/C12H25NO4/c1-5-7-13-12(2,11(14)16-4)10-17-9-6-8-15-3/h13H,5-10H2,1-4H3. The second-order valence-corrected chi connectivity index (χ2v) is 4.15. The van der Waals surface area contributed by atoms with Crippen LogP contribution in [0.15, 0.2) is 0 Å². The van der Waals surface area contributed by atoms with Gasteiger partial charge in [0.25, 0.3) is 0 Å². The molecule has 17 heavy (non-hydrogen) atoms. The van der Waals surface area contributed by atoms with Crippen LogP contribution in [-0.2, 0) is 19.0 Å². The van der Waals surface area contributed by atoms with Gasteiger partial charge in [0.05, 0.1) is 13.7 Å². The van der Waals surface area contributed by atoms with E-state index in [4.69, 9.17) is 14.2 Å². The highest BCUT2D eigenvalue weighted by Gasteiger charge is 2.33. The quantitative estimate of drug-likeness (QED) is 0.460. The number of hydrogen-bond donors (Lipinski definition) is 1. The summed E-state index contributed by atoms with van der Waals surface area (Å²) in [5.74, 6) is -0.294. The Labute approximate surface area is 104 Å². The van der Waals surface area contributed by atoms with Crippen LogP contribution >= 0.6 is 0 Å². The summed E-state index contributed by atoms with van der Waals surface area (Å²) in [6.45, 7) is 6.15. The summed E-state index contributed by atoms with van der Waals surface area (Å²) in [6, 6.07) is 0. The van der Waals surface area contributed by atoms with Crippen LogP contribution in [0.5, 0.6) is 0 Å². The van der Waals surface area contributed by atoms with Crippen LogP contribution in [0.3, 0.4) is 0 Å². The molecule has 0 aromatic rings. The van der Waals surface area contributed by atoms with Gasteiger partial charge >= 0.3 is 5.97 Å². The molecule has 0 bridgehead atoms. The summed E-state index contributed by atoms with van der Waals surface area (Å²) in [7, 11) is 3.04. The van der Waals surface area contributed by atoms with Crippen LogP contribution in [0.4, 0.5) is 0 Å². The van der Waals surface area contributed by atoms with Gasteiger partial charge in [-0.3, -0.25) is 0 Å². The molecule has 0 rings (SSSR count). The molecule has 1 atom stereocenters. The maximum atomic E-state index is 11.7. The molecule has 1 N–H and O–H groups in total. The van der Waals surface area contributed by atoms with Crippen molar-refractivity contribution in [1.29, 1.82) is 0 Å². The highest BCUT2D eigenvalue weighted by molar-refractivity contribution is 5.80. The van der Waals surface area contributed by atoms with Crippen molar-refractivity contribution in [2.75, 3.05) is 40.6 Å². The molecule has 0 aliphatic carbocycles. The summed E-state index contributed by atoms with van der Waals surface area (Å²) < 4.78 is 15.2. The van der Waals surface area contributed by atoms with Gasteiger partial charge in [-0.15, -0.1) is 0 Å². The van der Waals surface area contributed by atoms with Crippen molar-refractivity contribution in [3.8, 4) is 0 Å². The largest absolute Gasteiger partial charge is 0.468 e. The summed E-state index contributed by atoms with van der Waals surface area (Å²) in [4.78, 5) is 11.7. The van der Waals surface area contributed by atoms with Crippen LogP contribution in [0.1, 0.15) is 26.7 Å². The smallest absolute Gasteiger partial charge is 0.328 e. The van der Waals surface area contributed by atoms with E-state index in [2.05, 4.69) is 5.32 Å². The van der Waals surface area contributed by atoms with Crippen molar-refractivity contribution in [3.05, 3.63) is 0 Å². The van der Waals surface area contributed by atoms with E-state index in [1.807, 2.05) is 6.92 Å². The van der Waals surface area contributed by atoms with E-state index >= 15 is 0 Å².